The van der Waals surface area contributed by atoms with Gasteiger partial charge in [-0.15, -0.1) is 0 Å². The zero-order valence-corrected chi connectivity index (χ0v) is 34.3. The first kappa shape index (κ1) is 38.3. The molecule has 0 fully saturated rings. The van der Waals surface area contributed by atoms with E-state index in [1.807, 2.05) is 146 Å². The summed E-state index contributed by atoms with van der Waals surface area (Å²) in [5, 5.41) is 22.1. The van der Waals surface area contributed by atoms with Crippen LogP contribution in [0.25, 0.3) is 107 Å². The lowest BCUT2D eigenvalue weighted by atomic mass is 10.1. The summed E-state index contributed by atoms with van der Waals surface area (Å²) in [6.45, 7) is 0. The van der Waals surface area contributed by atoms with Crippen LogP contribution in [0.4, 0.5) is 0 Å². The standard InChI is InChI=1S/C54H31N11/c55-30-34-32-57-48(58-33-34)39-23-26-45(42(27-39)31-56)65-46-28-40(53-61-49(35-13-5-1-6-14-35)59-50(62-53)36-15-7-2-8-16-36)21-24-43(46)44-25-22-41(29-47(44)65)54-63-51(37-17-9-3-10-18-37)60-52(64-54)38-19-11-4-12-20-38/h1-29,32-33H. The van der Waals surface area contributed by atoms with Gasteiger partial charge in [0.1, 0.15) is 12.1 Å². The van der Waals surface area contributed by atoms with E-state index in [1.165, 1.54) is 12.4 Å². The van der Waals surface area contributed by atoms with Crippen molar-refractivity contribution >= 4 is 21.8 Å². The van der Waals surface area contributed by atoms with Crippen LogP contribution in [-0.4, -0.2) is 44.4 Å². The number of hydrogen-bond acceptors (Lipinski definition) is 10. The van der Waals surface area contributed by atoms with Gasteiger partial charge in [0, 0.05) is 62.1 Å². The molecule has 0 atom stereocenters. The molecule has 0 aliphatic carbocycles. The molecule has 0 spiro atoms. The van der Waals surface area contributed by atoms with E-state index in [9.17, 15) is 10.5 Å². The Morgan fingerprint density at radius 3 is 1.06 bits per heavy atom. The van der Waals surface area contributed by atoms with Crippen LogP contribution in [0.1, 0.15) is 11.1 Å². The molecule has 11 rings (SSSR count). The Kier molecular flexibility index (Phi) is 9.65. The first-order chi connectivity index (χ1) is 32.1. The summed E-state index contributed by atoms with van der Waals surface area (Å²) in [5.41, 5.74) is 8.63. The predicted molar refractivity (Wildman–Crippen MR) is 251 cm³/mol. The number of rotatable bonds is 8. The average molecular weight is 834 g/mol. The number of benzene rings is 7. The van der Waals surface area contributed by atoms with Crippen LogP contribution >= 0.6 is 0 Å². The molecule has 0 bridgehead atoms. The smallest absolute Gasteiger partial charge is 0.164 e. The maximum Gasteiger partial charge on any atom is 0.164 e. The Hall–Kier alpha value is -9.58. The van der Waals surface area contributed by atoms with E-state index in [2.05, 4.69) is 50.9 Å². The summed E-state index contributed by atoms with van der Waals surface area (Å²) in [4.78, 5) is 38.8. The highest BCUT2D eigenvalue weighted by Gasteiger charge is 2.21. The lowest BCUT2D eigenvalue weighted by Gasteiger charge is -2.13. The van der Waals surface area contributed by atoms with Crippen molar-refractivity contribution in [3.8, 4) is 97.5 Å². The number of aromatic nitrogens is 9. The number of nitrogens with zero attached hydrogens (tertiary/aromatic N) is 11. The second-order valence-corrected chi connectivity index (χ2v) is 15.1. The van der Waals surface area contributed by atoms with Crippen LogP contribution in [0.3, 0.4) is 0 Å². The van der Waals surface area contributed by atoms with Crippen LogP contribution in [0.2, 0.25) is 0 Å². The molecule has 11 aromatic rings. The van der Waals surface area contributed by atoms with E-state index in [-0.39, 0.29) is 0 Å². The molecular weight excluding hydrogens is 803 g/mol. The van der Waals surface area contributed by atoms with E-state index < -0.39 is 0 Å². The summed E-state index contributed by atoms with van der Waals surface area (Å²) in [6, 6.07) is 61.9. The minimum atomic E-state index is 0.345. The zero-order valence-electron chi connectivity index (χ0n) is 34.3. The third-order valence-electron chi connectivity index (χ3n) is 11.1. The van der Waals surface area contributed by atoms with Gasteiger partial charge in [0.2, 0.25) is 0 Å². The van der Waals surface area contributed by atoms with Gasteiger partial charge in [-0.1, -0.05) is 146 Å². The van der Waals surface area contributed by atoms with Gasteiger partial charge < -0.3 is 4.57 Å². The first-order valence-corrected chi connectivity index (χ1v) is 20.7. The molecule has 0 saturated carbocycles. The number of nitriles is 2. The highest BCUT2D eigenvalue weighted by atomic mass is 15.0. The van der Waals surface area contributed by atoms with Gasteiger partial charge in [0.25, 0.3) is 0 Å². The predicted octanol–water partition coefficient (Wildman–Crippen LogP) is 11.4. The van der Waals surface area contributed by atoms with Crippen LogP contribution in [-0.2, 0) is 0 Å². The number of fused-ring (bicyclic) bond motifs is 3. The molecule has 11 nitrogen and oxygen atoms in total. The second kappa shape index (κ2) is 16.4. The highest BCUT2D eigenvalue weighted by molar-refractivity contribution is 6.11. The maximum atomic E-state index is 10.8. The summed E-state index contributed by atoms with van der Waals surface area (Å²) < 4.78 is 2.09. The Labute approximate surface area is 372 Å². The fraction of sp³-hybridized carbons (Fsp3) is 0. The molecule has 0 aliphatic rings. The van der Waals surface area contributed by atoms with Crippen LogP contribution in [0.5, 0.6) is 0 Å². The van der Waals surface area contributed by atoms with Crippen molar-refractivity contribution in [1.82, 2.24) is 44.4 Å². The second-order valence-electron chi connectivity index (χ2n) is 15.1. The van der Waals surface area contributed by atoms with Crippen LogP contribution in [0.15, 0.2) is 188 Å². The van der Waals surface area contributed by atoms with Crippen molar-refractivity contribution in [2.75, 3.05) is 0 Å². The molecule has 4 aromatic heterocycles. The van der Waals surface area contributed by atoms with E-state index >= 15 is 0 Å². The minimum Gasteiger partial charge on any atom is -0.308 e. The summed E-state index contributed by atoms with van der Waals surface area (Å²) in [6.07, 6.45) is 2.94. The third-order valence-corrected chi connectivity index (χ3v) is 11.1. The molecule has 302 valence electrons. The summed E-state index contributed by atoms with van der Waals surface area (Å²) in [5.74, 6) is 3.60. The monoisotopic (exact) mass is 833 g/mol. The molecule has 0 radical (unpaired) electrons. The van der Waals surface area contributed by atoms with Gasteiger partial charge in [0.05, 0.1) is 27.8 Å². The molecule has 0 saturated heterocycles. The molecule has 4 heterocycles. The lowest BCUT2D eigenvalue weighted by Crippen LogP contribution is -2.02. The summed E-state index contributed by atoms with van der Waals surface area (Å²) >= 11 is 0. The molecule has 0 aliphatic heterocycles. The molecular formula is C54H31N11. The van der Waals surface area contributed by atoms with Gasteiger partial charge in [-0.2, -0.15) is 10.5 Å². The van der Waals surface area contributed by atoms with Crippen molar-refractivity contribution in [3.63, 3.8) is 0 Å². The molecule has 0 amide bonds. The lowest BCUT2D eigenvalue weighted by molar-refractivity contribution is 1.07. The third kappa shape index (κ3) is 7.27. The SMILES string of the molecule is N#Cc1cnc(-c2ccc(-n3c4cc(-c5nc(-c6ccccc6)nc(-c6ccccc6)n5)ccc4c4ccc(-c5nc(-c6ccccc6)nc(-c6ccccc6)n5)cc43)c(C#N)c2)nc1. The van der Waals surface area contributed by atoms with E-state index in [4.69, 9.17) is 29.9 Å². The van der Waals surface area contributed by atoms with Gasteiger partial charge in [0.15, 0.2) is 40.8 Å². The average Bonchev–Trinajstić information content (AvgIpc) is 3.72. The quantitative estimate of drug-likeness (QED) is 0.144. The molecule has 0 unspecified atom stereocenters. The molecule has 11 heteroatoms. The normalized spacial score (nSPS) is 11.0. The molecule has 7 aromatic carbocycles. The minimum absolute atomic E-state index is 0.345. The van der Waals surface area contributed by atoms with Crippen molar-refractivity contribution < 1.29 is 0 Å². The zero-order chi connectivity index (χ0) is 43.7. The fourth-order valence-electron chi connectivity index (χ4n) is 7.93. The summed E-state index contributed by atoms with van der Waals surface area (Å²) in [7, 11) is 0. The van der Waals surface area contributed by atoms with E-state index in [1.54, 1.807) is 6.07 Å². The van der Waals surface area contributed by atoms with Crippen molar-refractivity contribution in [2.24, 2.45) is 0 Å². The van der Waals surface area contributed by atoms with Crippen molar-refractivity contribution in [3.05, 3.63) is 199 Å². The Morgan fingerprint density at radius 1 is 0.338 bits per heavy atom. The first-order valence-electron chi connectivity index (χ1n) is 20.7. The fourth-order valence-corrected chi connectivity index (χ4v) is 7.93. The Balaban J connectivity index is 1.15. The van der Waals surface area contributed by atoms with Gasteiger partial charge in [-0.05, 0) is 30.3 Å². The van der Waals surface area contributed by atoms with Gasteiger partial charge in [-0.25, -0.2) is 39.9 Å². The largest absolute Gasteiger partial charge is 0.308 e. The topological polar surface area (TPSA) is 156 Å². The van der Waals surface area contributed by atoms with Gasteiger partial charge >= 0.3 is 0 Å². The molecule has 65 heavy (non-hydrogen) atoms. The maximum absolute atomic E-state index is 10.8. The highest BCUT2D eigenvalue weighted by Crippen LogP contribution is 2.38. The van der Waals surface area contributed by atoms with E-state index in [0.717, 1.165) is 55.2 Å². The van der Waals surface area contributed by atoms with E-state index in [0.29, 0.717) is 63.1 Å². The van der Waals surface area contributed by atoms with Crippen molar-refractivity contribution in [1.29, 1.82) is 10.5 Å². The van der Waals surface area contributed by atoms with Gasteiger partial charge in [-0.3, -0.25) is 0 Å². The van der Waals surface area contributed by atoms with Crippen molar-refractivity contribution in [2.45, 2.75) is 0 Å². The number of hydrogen-bond donors (Lipinski definition) is 0. The molecule has 0 N–H and O–H groups in total. The van der Waals surface area contributed by atoms with Crippen LogP contribution < -0.4 is 0 Å². The Bertz CT molecular complexity index is 3360. The Morgan fingerprint density at radius 2 is 0.692 bits per heavy atom. The van der Waals surface area contributed by atoms with Crippen LogP contribution in [0, 0.1) is 22.7 Å².